The molecule has 2 N–H and O–H groups in total. The van der Waals surface area contributed by atoms with E-state index in [1.54, 1.807) is 0 Å². The molecule has 0 heterocycles. The molecule has 1 saturated carbocycles. The van der Waals surface area contributed by atoms with E-state index in [1.807, 2.05) is 0 Å². The molecule has 0 saturated heterocycles. The molecule has 96 valence electrons. The lowest BCUT2D eigenvalue weighted by atomic mass is 9.62. The van der Waals surface area contributed by atoms with Crippen LogP contribution in [0.2, 0.25) is 0 Å². The molecule has 1 aliphatic carbocycles. The predicted octanol–water partition coefficient (Wildman–Crippen LogP) is 2.87. The van der Waals surface area contributed by atoms with Gasteiger partial charge in [0.2, 0.25) is 0 Å². The van der Waals surface area contributed by atoms with Gasteiger partial charge in [0, 0.05) is 18.6 Å². The minimum Gasteiger partial charge on any atom is -0.329 e. The maximum Gasteiger partial charge on any atom is 0.0379 e. The lowest BCUT2D eigenvalue weighted by Gasteiger charge is -2.55. The summed E-state index contributed by atoms with van der Waals surface area (Å²) in [6.07, 6.45) is 5.28. The van der Waals surface area contributed by atoms with Gasteiger partial charge in [0.25, 0.3) is 0 Å². The van der Waals surface area contributed by atoms with Crippen LogP contribution in [0.5, 0.6) is 0 Å². The summed E-state index contributed by atoms with van der Waals surface area (Å²) in [5, 5.41) is 0. The van der Waals surface area contributed by atoms with Crippen molar-refractivity contribution in [3.63, 3.8) is 0 Å². The van der Waals surface area contributed by atoms with Crippen LogP contribution >= 0.6 is 0 Å². The zero-order valence-corrected chi connectivity index (χ0v) is 11.8. The molecule has 1 rings (SSSR count). The summed E-state index contributed by atoms with van der Waals surface area (Å²) in [5.41, 5.74) is 6.72. The highest BCUT2D eigenvalue weighted by atomic mass is 15.2. The molecule has 2 heteroatoms. The normalized spacial score (nSPS) is 30.0. The maximum atomic E-state index is 6.15. The highest BCUT2D eigenvalue weighted by molar-refractivity contribution is 5.04. The standard InChI is InChI=1S/C14H30N2/c1-12(2)10-16(5)14(11-15)9-7-6-8-13(14,3)4/h12H,6-11,15H2,1-5H3. The topological polar surface area (TPSA) is 29.3 Å². The highest BCUT2D eigenvalue weighted by Crippen LogP contribution is 2.46. The van der Waals surface area contributed by atoms with E-state index in [4.69, 9.17) is 5.73 Å². The first-order valence-electron chi connectivity index (χ1n) is 6.77. The summed E-state index contributed by atoms with van der Waals surface area (Å²) in [7, 11) is 2.26. The van der Waals surface area contributed by atoms with Gasteiger partial charge in [-0.1, -0.05) is 40.5 Å². The van der Waals surface area contributed by atoms with E-state index in [1.165, 1.54) is 25.7 Å². The molecule has 0 radical (unpaired) electrons. The summed E-state index contributed by atoms with van der Waals surface area (Å²) in [6.45, 7) is 11.3. The second-order valence-electron chi connectivity index (χ2n) is 6.60. The highest BCUT2D eigenvalue weighted by Gasteiger charge is 2.48. The Bertz CT molecular complexity index is 223. The van der Waals surface area contributed by atoms with E-state index < -0.39 is 0 Å². The molecular weight excluding hydrogens is 196 g/mol. The molecule has 0 amide bonds. The molecule has 1 atom stereocenters. The van der Waals surface area contributed by atoms with Crippen LogP contribution < -0.4 is 5.73 Å². The van der Waals surface area contributed by atoms with Crippen LogP contribution in [0.3, 0.4) is 0 Å². The van der Waals surface area contributed by atoms with E-state index in [0.717, 1.165) is 13.1 Å². The fourth-order valence-electron chi connectivity index (χ4n) is 3.52. The SMILES string of the molecule is CC(C)CN(C)C1(CN)CCCCC1(C)C. The Balaban J connectivity index is 2.89. The van der Waals surface area contributed by atoms with Gasteiger partial charge in [0.05, 0.1) is 0 Å². The number of nitrogens with zero attached hydrogens (tertiary/aromatic N) is 1. The number of nitrogens with two attached hydrogens (primary N) is 1. The number of hydrogen-bond donors (Lipinski definition) is 1. The second-order valence-corrected chi connectivity index (χ2v) is 6.60. The van der Waals surface area contributed by atoms with E-state index in [-0.39, 0.29) is 5.54 Å². The van der Waals surface area contributed by atoms with Crippen LogP contribution in [0.15, 0.2) is 0 Å². The third kappa shape index (κ3) is 2.43. The summed E-state index contributed by atoms with van der Waals surface area (Å²) < 4.78 is 0. The predicted molar refractivity (Wildman–Crippen MR) is 71.5 cm³/mol. The molecule has 1 unspecified atom stereocenters. The quantitative estimate of drug-likeness (QED) is 0.798. The number of likely N-dealkylation sites (N-methyl/N-ethyl adjacent to an activating group) is 1. The van der Waals surface area contributed by atoms with Crippen molar-refractivity contribution >= 4 is 0 Å². The number of hydrogen-bond acceptors (Lipinski definition) is 2. The van der Waals surface area contributed by atoms with Crippen molar-refractivity contribution in [2.45, 2.75) is 58.9 Å². The Kier molecular flexibility index (Phi) is 4.42. The van der Waals surface area contributed by atoms with Crippen molar-refractivity contribution in [1.29, 1.82) is 0 Å². The maximum absolute atomic E-state index is 6.15. The Hall–Kier alpha value is -0.0800. The lowest BCUT2D eigenvalue weighted by molar-refractivity contribution is -0.0339. The van der Waals surface area contributed by atoms with E-state index >= 15 is 0 Å². The zero-order valence-electron chi connectivity index (χ0n) is 11.8. The summed E-state index contributed by atoms with van der Waals surface area (Å²) in [4.78, 5) is 2.54. The van der Waals surface area contributed by atoms with Crippen LogP contribution in [-0.4, -0.2) is 30.6 Å². The van der Waals surface area contributed by atoms with Crippen molar-refractivity contribution in [3.05, 3.63) is 0 Å². The second kappa shape index (κ2) is 5.05. The van der Waals surface area contributed by atoms with Crippen molar-refractivity contribution in [2.24, 2.45) is 17.1 Å². The van der Waals surface area contributed by atoms with Gasteiger partial charge in [-0.05, 0) is 31.2 Å². The number of rotatable bonds is 4. The van der Waals surface area contributed by atoms with E-state index in [2.05, 4.69) is 39.6 Å². The van der Waals surface area contributed by atoms with Crippen molar-refractivity contribution < 1.29 is 0 Å². The third-order valence-electron chi connectivity index (χ3n) is 4.61. The van der Waals surface area contributed by atoms with Gasteiger partial charge in [-0.2, -0.15) is 0 Å². The largest absolute Gasteiger partial charge is 0.329 e. The molecule has 0 aromatic heterocycles. The van der Waals surface area contributed by atoms with Gasteiger partial charge < -0.3 is 5.73 Å². The fourth-order valence-corrected chi connectivity index (χ4v) is 3.52. The Morgan fingerprint density at radius 3 is 2.19 bits per heavy atom. The van der Waals surface area contributed by atoms with Gasteiger partial charge in [-0.3, -0.25) is 4.90 Å². The van der Waals surface area contributed by atoms with Crippen LogP contribution in [-0.2, 0) is 0 Å². The monoisotopic (exact) mass is 226 g/mol. The lowest BCUT2D eigenvalue weighted by Crippen LogP contribution is -2.63. The minimum absolute atomic E-state index is 0.218. The third-order valence-corrected chi connectivity index (χ3v) is 4.61. The molecule has 0 aromatic carbocycles. The van der Waals surface area contributed by atoms with Crippen LogP contribution in [0.25, 0.3) is 0 Å². The smallest absolute Gasteiger partial charge is 0.0379 e. The molecule has 1 aliphatic rings. The van der Waals surface area contributed by atoms with Gasteiger partial charge in [0.1, 0.15) is 0 Å². The average molecular weight is 226 g/mol. The van der Waals surface area contributed by atoms with Crippen LogP contribution in [0.4, 0.5) is 0 Å². The molecular formula is C14H30N2. The zero-order chi connectivity index (χ0) is 12.4. The Morgan fingerprint density at radius 2 is 1.75 bits per heavy atom. The van der Waals surface area contributed by atoms with Crippen molar-refractivity contribution in [1.82, 2.24) is 4.90 Å². The van der Waals surface area contributed by atoms with Gasteiger partial charge in [-0.25, -0.2) is 0 Å². The first-order valence-corrected chi connectivity index (χ1v) is 6.77. The average Bonchev–Trinajstić information content (AvgIpc) is 2.16. The molecule has 0 bridgehead atoms. The molecule has 16 heavy (non-hydrogen) atoms. The van der Waals surface area contributed by atoms with Gasteiger partial charge in [0.15, 0.2) is 0 Å². The molecule has 1 fully saturated rings. The fraction of sp³-hybridized carbons (Fsp3) is 1.00. The molecule has 0 aromatic rings. The molecule has 0 aliphatic heterocycles. The van der Waals surface area contributed by atoms with E-state index in [9.17, 15) is 0 Å². The van der Waals surface area contributed by atoms with E-state index in [0.29, 0.717) is 11.3 Å². The summed E-state index contributed by atoms with van der Waals surface area (Å²) in [6, 6.07) is 0. The Morgan fingerprint density at radius 1 is 1.19 bits per heavy atom. The first kappa shape index (κ1) is 14.0. The van der Waals surface area contributed by atoms with Gasteiger partial charge in [-0.15, -0.1) is 0 Å². The van der Waals surface area contributed by atoms with Crippen molar-refractivity contribution in [3.8, 4) is 0 Å². The van der Waals surface area contributed by atoms with Crippen molar-refractivity contribution in [2.75, 3.05) is 20.1 Å². The minimum atomic E-state index is 0.218. The summed E-state index contributed by atoms with van der Waals surface area (Å²) in [5.74, 6) is 0.714. The van der Waals surface area contributed by atoms with Gasteiger partial charge >= 0.3 is 0 Å². The first-order chi connectivity index (χ1) is 7.35. The van der Waals surface area contributed by atoms with Crippen LogP contribution in [0, 0.1) is 11.3 Å². The Labute approximate surface area is 102 Å². The molecule has 0 spiro atoms. The summed E-state index contributed by atoms with van der Waals surface area (Å²) >= 11 is 0. The van der Waals surface area contributed by atoms with Crippen LogP contribution in [0.1, 0.15) is 53.4 Å². The molecule has 2 nitrogen and oxygen atoms in total.